The second kappa shape index (κ2) is 13.4. The van der Waals surface area contributed by atoms with Crippen molar-refractivity contribution < 1.29 is 19.2 Å². The van der Waals surface area contributed by atoms with Gasteiger partial charge in [0.1, 0.15) is 8.64 Å². The Morgan fingerprint density at radius 1 is 0.700 bits per heavy atom. The molecule has 4 rings (SSSR count). The molecule has 0 unspecified atom stereocenters. The Kier molecular flexibility index (Phi) is 9.90. The lowest BCUT2D eigenvalue weighted by Gasteiger charge is -2.15. The molecule has 0 atom stereocenters. The van der Waals surface area contributed by atoms with Crippen LogP contribution in [-0.2, 0) is 19.2 Å². The Hall–Kier alpha value is -3.32. The zero-order chi connectivity index (χ0) is 28.8. The Bertz CT molecular complexity index is 1330. The van der Waals surface area contributed by atoms with Crippen molar-refractivity contribution in [3.63, 3.8) is 0 Å². The molecular weight excluding hydrogens is 585 g/mol. The van der Waals surface area contributed by atoms with E-state index in [0.717, 1.165) is 22.3 Å². The molecule has 2 aromatic carbocycles. The number of carbonyl (C=O) groups is 4. The van der Waals surface area contributed by atoms with Gasteiger partial charge in [-0.15, -0.1) is 0 Å². The molecule has 4 amide bonds. The third kappa shape index (κ3) is 7.66. The van der Waals surface area contributed by atoms with E-state index in [4.69, 9.17) is 24.4 Å². The van der Waals surface area contributed by atoms with Gasteiger partial charge >= 0.3 is 0 Å². The van der Waals surface area contributed by atoms with Gasteiger partial charge in [0.15, 0.2) is 0 Å². The fourth-order valence-corrected chi connectivity index (χ4v) is 6.32. The maximum Gasteiger partial charge on any atom is 0.266 e. The summed E-state index contributed by atoms with van der Waals surface area (Å²) in [5.41, 5.74) is 8.70. The first-order valence-electron chi connectivity index (χ1n) is 12.3. The van der Waals surface area contributed by atoms with Gasteiger partial charge in [-0.2, -0.15) is 0 Å². The van der Waals surface area contributed by atoms with E-state index in [2.05, 4.69) is 10.9 Å². The lowest BCUT2D eigenvalue weighted by atomic mass is 10.1. The number of rotatable bonds is 8. The van der Waals surface area contributed by atoms with Gasteiger partial charge in [-0.3, -0.25) is 39.8 Å². The van der Waals surface area contributed by atoms with E-state index in [1.165, 1.54) is 33.3 Å². The molecule has 12 heteroatoms. The molecule has 2 aliphatic heterocycles. The molecular formula is C28H26N4O4S4. The minimum absolute atomic E-state index is 0.0525. The van der Waals surface area contributed by atoms with Crippen molar-refractivity contribution >= 4 is 92.4 Å². The van der Waals surface area contributed by atoms with Crippen LogP contribution >= 0.6 is 48.0 Å². The maximum atomic E-state index is 12.8. The van der Waals surface area contributed by atoms with Crippen LogP contribution in [-0.4, -0.2) is 55.2 Å². The van der Waals surface area contributed by atoms with Gasteiger partial charge in [-0.1, -0.05) is 108 Å². The molecule has 2 aromatic rings. The normalized spacial score (nSPS) is 17.4. The fourth-order valence-electron chi connectivity index (χ4n) is 3.70. The molecule has 0 aliphatic carbocycles. The summed E-state index contributed by atoms with van der Waals surface area (Å²) in [6, 6.07) is 15.5. The molecule has 0 saturated carbocycles. The number of hydrogen-bond acceptors (Lipinski definition) is 8. The largest absolute Gasteiger partial charge is 0.292 e. The molecule has 40 heavy (non-hydrogen) atoms. The third-order valence-electron chi connectivity index (χ3n) is 5.96. The summed E-state index contributed by atoms with van der Waals surface area (Å²) in [5, 5.41) is 0. The Morgan fingerprint density at radius 3 is 1.40 bits per heavy atom. The quantitative estimate of drug-likeness (QED) is 0.259. The van der Waals surface area contributed by atoms with Gasteiger partial charge < -0.3 is 0 Å². The highest BCUT2D eigenvalue weighted by Gasteiger charge is 2.33. The average molecular weight is 611 g/mol. The number of hydrogen-bond donors (Lipinski definition) is 2. The summed E-state index contributed by atoms with van der Waals surface area (Å²) in [4.78, 5) is 53.9. The SMILES string of the molecule is Cc1ccc(C=C2SC(=S)N(CCC(=O)NNC(=O)CCN3C(=O)C(=Cc4ccc(C)cc4)SC3=S)C2=O)cc1. The predicted molar refractivity (Wildman–Crippen MR) is 168 cm³/mol. The van der Waals surface area contributed by atoms with Crippen LogP contribution in [0.15, 0.2) is 58.3 Å². The number of nitrogens with zero attached hydrogens (tertiary/aromatic N) is 2. The van der Waals surface area contributed by atoms with E-state index in [-0.39, 0.29) is 37.7 Å². The smallest absolute Gasteiger partial charge is 0.266 e. The van der Waals surface area contributed by atoms with Crippen LogP contribution in [0.4, 0.5) is 0 Å². The van der Waals surface area contributed by atoms with Crippen LogP contribution in [0.2, 0.25) is 0 Å². The lowest BCUT2D eigenvalue weighted by molar-refractivity contribution is -0.130. The summed E-state index contributed by atoms with van der Waals surface area (Å²) in [6.45, 7) is 4.14. The maximum absolute atomic E-state index is 12.8. The average Bonchev–Trinajstić information content (AvgIpc) is 3.35. The molecule has 2 N–H and O–H groups in total. The number of nitrogens with one attached hydrogen (secondary N) is 2. The zero-order valence-corrected chi connectivity index (χ0v) is 25.0. The van der Waals surface area contributed by atoms with Gasteiger partial charge in [0, 0.05) is 25.9 Å². The molecule has 2 fully saturated rings. The molecule has 2 aliphatic rings. The van der Waals surface area contributed by atoms with Crippen LogP contribution < -0.4 is 10.9 Å². The van der Waals surface area contributed by atoms with Crippen molar-refractivity contribution in [2.75, 3.05) is 13.1 Å². The third-order valence-corrected chi connectivity index (χ3v) is 8.72. The number of thiocarbonyl (C=S) groups is 2. The second-order valence-electron chi connectivity index (χ2n) is 9.08. The van der Waals surface area contributed by atoms with E-state index >= 15 is 0 Å². The van der Waals surface area contributed by atoms with Gasteiger partial charge in [-0.05, 0) is 37.1 Å². The Balaban J connectivity index is 1.20. The van der Waals surface area contributed by atoms with Crippen LogP contribution in [0, 0.1) is 13.8 Å². The fraction of sp³-hybridized carbons (Fsp3) is 0.214. The van der Waals surface area contributed by atoms with E-state index in [0.29, 0.717) is 18.5 Å². The summed E-state index contributed by atoms with van der Waals surface area (Å²) < 4.78 is 0.750. The highest BCUT2D eigenvalue weighted by atomic mass is 32.2. The number of benzene rings is 2. The number of aryl methyl sites for hydroxylation is 2. The number of thioether (sulfide) groups is 2. The monoisotopic (exact) mass is 610 g/mol. The zero-order valence-electron chi connectivity index (χ0n) is 21.8. The van der Waals surface area contributed by atoms with E-state index in [9.17, 15) is 19.2 Å². The minimum Gasteiger partial charge on any atom is -0.292 e. The Morgan fingerprint density at radius 2 is 1.05 bits per heavy atom. The summed E-state index contributed by atoms with van der Waals surface area (Å²) in [5.74, 6) is -1.47. The Labute approximate surface area is 251 Å². The van der Waals surface area contributed by atoms with Gasteiger partial charge in [0.25, 0.3) is 11.8 Å². The number of amides is 4. The lowest BCUT2D eigenvalue weighted by Crippen LogP contribution is -2.44. The molecule has 206 valence electrons. The van der Waals surface area contributed by atoms with Crippen molar-refractivity contribution in [1.29, 1.82) is 0 Å². The number of carbonyl (C=O) groups excluding carboxylic acids is 4. The highest BCUT2D eigenvalue weighted by Crippen LogP contribution is 2.33. The van der Waals surface area contributed by atoms with Crippen molar-refractivity contribution in [3.05, 3.63) is 80.6 Å². The van der Waals surface area contributed by atoms with Crippen LogP contribution in [0.1, 0.15) is 35.1 Å². The first-order chi connectivity index (χ1) is 19.1. The molecule has 2 heterocycles. The van der Waals surface area contributed by atoms with Crippen LogP contribution in [0.5, 0.6) is 0 Å². The van der Waals surface area contributed by atoms with Crippen LogP contribution in [0.3, 0.4) is 0 Å². The molecule has 0 aromatic heterocycles. The molecule has 0 bridgehead atoms. The second-order valence-corrected chi connectivity index (χ2v) is 12.4. The van der Waals surface area contributed by atoms with Crippen molar-refractivity contribution in [2.45, 2.75) is 26.7 Å². The molecule has 2 saturated heterocycles. The van der Waals surface area contributed by atoms with Crippen molar-refractivity contribution in [3.8, 4) is 0 Å². The standard InChI is InChI=1S/C28H26N4O4S4/c1-17-3-7-19(8-4-17)15-21-25(35)31(27(37)39-21)13-11-23(33)29-30-24(34)12-14-32-26(36)22(40-28(32)38)16-20-9-5-18(2)6-10-20/h3-10,15-16H,11-14H2,1-2H3,(H,29,33)(H,30,34). The van der Waals surface area contributed by atoms with Crippen molar-refractivity contribution in [1.82, 2.24) is 20.7 Å². The van der Waals surface area contributed by atoms with Crippen LogP contribution in [0.25, 0.3) is 12.2 Å². The highest BCUT2D eigenvalue weighted by molar-refractivity contribution is 8.27. The summed E-state index contributed by atoms with van der Waals surface area (Å²) >= 11 is 13.0. The first-order valence-corrected chi connectivity index (χ1v) is 14.8. The van der Waals surface area contributed by atoms with E-state index < -0.39 is 11.8 Å². The predicted octanol–water partition coefficient (Wildman–Crippen LogP) is 4.33. The van der Waals surface area contributed by atoms with E-state index in [1.54, 1.807) is 12.2 Å². The van der Waals surface area contributed by atoms with Gasteiger partial charge in [-0.25, -0.2) is 0 Å². The summed E-state index contributed by atoms with van der Waals surface area (Å²) in [7, 11) is 0. The number of hydrazine groups is 1. The van der Waals surface area contributed by atoms with E-state index in [1.807, 2.05) is 62.4 Å². The first kappa shape index (κ1) is 29.7. The topological polar surface area (TPSA) is 98.8 Å². The van der Waals surface area contributed by atoms with Gasteiger partial charge in [0.05, 0.1) is 9.81 Å². The van der Waals surface area contributed by atoms with Gasteiger partial charge in [0.2, 0.25) is 11.8 Å². The molecule has 0 spiro atoms. The molecule has 0 radical (unpaired) electrons. The van der Waals surface area contributed by atoms with Crippen molar-refractivity contribution in [2.24, 2.45) is 0 Å². The molecule has 8 nitrogen and oxygen atoms in total. The minimum atomic E-state index is -0.475. The summed E-state index contributed by atoms with van der Waals surface area (Å²) in [6.07, 6.45) is 3.44.